The van der Waals surface area contributed by atoms with Gasteiger partial charge in [0.15, 0.2) is 0 Å². The fourth-order valence-corrected chi connectivity index (χ4v) is 1.90. The molecule has 0 aliphatic carbocycles. The lowest BCUT2D eigenvalue weighted by atomic mass is 10.1. The van der Waals surface area contributed by atoms with Crippen LogP contribution >= 0.6 is 0 Å². The van der Waals surface area contributed by atoms with Gasteiger partial charge >= 0.3 is 5.97 Å². The minimum absolute atomic E-state index is 0.136. The SMILES string of the molecule is CCCCCCCC(=O)Nc1ccc(O)c(C(=O)O)c1. The molecule has 0 aromatic heterocycles. The first kappa shape index (κ1) is 16.0. The van der Waals surface area contributed by atoms with Crippen LogP contribution in [0, 0.1) is 0 Å². The summed E-state index contributed by atoms with van der Waals surface area (Å²) in [6.45, 7) is 2.14. The molecule has 1 aromatic carbocycles. The molecule has 0 radical (unpaired) electrons. The zero-order chi connectivity index (χ0) is 15.0. The van der Waals surface area contributed by atoms with E-state index in [-0.39, 0.29) is 17.2 Å². The number of nitrogens with one attached hydrogen (secondary N) is 1. The van der Waals surface area contributed by atoms with E-state index >= 15 is 0 Å². The number of carbonyl (C=O) groups excluding carboxylic acids is 1. The number of benzene rings is 1. The summed E-state index contributed by atoms with van der Waals surface area (Å²) in [7, 11) is 0. The lowest BCUT2D eigenvalue weighted by molar-refractivity contribution is -0.116. The van der Waals surface area contributed by atoms with Gasteiger partial charge < -0.3 is 15.5 Å². The second-order valence-corrected chi connectivity index (χ2v) is 4.75. The van der Waals surface area contributed by atoms with Crippen LogP contribution in [0.15, 0.2) is 18.2 Å². The van der Waals surface area contributed by atoms with E-state index in [2.05, 4.69) is 12.2 Å². The Labute approximate surface area is 118 Å². The van der Waals surface area contributed by atoms with E-state index in [0.717, 1.165) is 25.7 Å². The molecule has 0 spiro atoms. The fraction of sp³-hybridized carbons (Fsp3) is 0.467. The molecular formula is C15H21NO4. The van der Waals surface area contributed by atoms with Crippen LogP contribution < -0.4 is 5.32 Å². The van der Waals surface area contributed by atoms with E-state index in [9.17, 15) is 14.7 Å². The van der Waals surface area contributed by atoms with Crippen molar-refractivity contribution in [2.75, 3.05) is 5.32 Å². The summed E-state index contributed by atoms with van der Waals surface area (Å²) in [5.41, 5.74) is 0.171. The molecule has 5 nitrogen and oxygen atoms in total. The van der Waals surface area contributed by atoms with Gasteiger partial charge in [-0.3, -0.25) is 4.79 Å². The van der Waals surface area contributed by atoms with Crippen molar-refractivity contribution >= 4 is 17.6 Å². The maximum atomic E-state index is 11.7. The highest BCUT2D eigenvalue weighted by Crippen LogP contribution is 2.21. The van der Waals surface area contributed by atoms with Crippen molar-refractivity contribution in [3.05, 3.63) is 23.8 Å². The van der Waals surface area contributed by atoms with Crippen LogP contribution in [-0.4, -0.2) is 22.1 Å². The van der Waals surface area contributed by atoms with Gasteiger partial charge in [-0.25, -0.2) is 4.79 Å². The van der Waals surface area contributed by atoms with Crippen molar-refractivity contribution in [3.8, 4) is 5.75 Å². The summed E-state index contributed by atoms with van der Waals surface area (Å²) in [4.78, 5) is 22.5. The number of aromatic hydroxyl groups is 1. The van der Waals surface area contributed by atoms with Crippen LogP contribution in [0.25, 0.3) is 0 Å². The van der Waals surface area contributed by atoms with E-state index in [1.54, 1.807) is 0 Å². The summed E-state index contributed by atoms with van der Waals surface area (Å²) < 4.78 is 0. The lowest BCUT2D eigenvalue weighted by Gasteiger charge is -2.07. The van der Waals surface area contributed by atoms with E-state index in [0.29, 0.717) is 12.1 Å². The monoisotopic (exact) mass is 279 g/mol. The average Bonchev–Trinajstić information content (AvgIpc) is 2.40. The second kappa shape index (κ2) is 8.19. The number of hydrogen-bond acceptors (Lipinski definition) is 3. The number of carboxylic acids is 1. The average molecular weight is 279 g/mol. The Morgan fingerprint density at radius 3 is 2.50 bits per heavy atom. The number of anilines is 1. The predicted molar refractivity (Wildman–Crippen MR) is 77.1 cm³/mol. The molecule has 0 saturated carbocycles. The molecular weight excluding hydrogens is 258 g/mol. The minimum Gasteiger partial charge on any atom is -0.507 e. The highest BCUT2D eigenvalue weighted by molar-refractivity contribution is 5.95. The zero-order valence-corrected chi connectivity index (χ0v) is 11.7. The summed E-state index contributed by atoms with van der Waals surface area (Å²) in [5.74, 6) is -1.67. The van der Waals surface area contributed by atoms with Crippen LogP contribution in [0.1, 0.15) is 55.8 Å². The van der Waals surface area contributed by atoms with Crippen LogP contribution in [0.4, 0.5) is 5.69 Å². The van der Waals surface area contributed by atoms with Crippen molar-refractivity contribution < 1.29 is 19.8 Å². The number of carboxylic acid groups (broad SMARTS) is 1. The number of amides is 1. The summed E-state index contributed by atoms with van der Waals surface area (Å²) in [6, 6.07) is 4.00. The molecule has 1 rings (SSSR count). The van der Waals surface area contributed by atoms with Crippen LogP contribution in [0.5, 0.6) is 5.75 Å². The molecule has 20 heavy (non-hydrogen) atoms. The quantitative estimate of drug-likeness (QED) is 0.503. The number of rotatable bonds is 8. The number of aromatic carboxylic acids is 1. The molecule has 1 amide bonds. The molecule has 0 atom stereocenters. The Hall–Kier alpha value is -2.04. The van der Waals surface area contributed by atoms with Gasteiger partial charge in [0, 0.05) is 12.1 Å². The topological polar surface area (TPSA) is 86.6 Å². The third kappa shape index (κ3) is 5.30. The van der Waals surface area contributed by atoms with E-state index in [1.165, 1.54) is 24.6 Å². The zero-order valence-electron chi connectivity index (χ0n) is 11.7. The number of phenols is 1. The molecule has 110 valence electrons. The second-order valence-electron chi connectivity index (χ2n) is 4.75. The summed E-state index contributed by atoms with van der Waals surface area (Å²) in [6.07, 6.45) is 5.76. The Morgan fingerprint density at radius 1 is 1.15 bits per heavy atom. The largest absolute Gasteiger partial charge is 0.507 e. The third-order valence-electron chi connectivity index (χ3n) is 3.02. The highest BCUT2D eigenvalue weighted by Gasteiger charge is 2.11. The summed E-state index contributed by atoms with van der Waals surface area (Å²) >= 11 is 0. The van der Waals surface area contributed by atoms with Crippen molar-refractivity contribution in [2.45, 2.75) is 45.4 Å². The molecule has 0 unspecified atom stereocenters. The van der Waals surface area contributed by atoms with Crippen molar-refractivity contribution in [1.29, 1.82) is 0 Å². The molecule has 1 aromatic rings. The van der Waals surface area contributed by atoms with Crippen LogP contribution in [-0.2, 0) is 4.79 Å². The van der Waals surface area contributed by atoms with Gasteiger partial charge in [-0.05, 0) is 24.6 Å². The van der Waals surface area contributed by atoms with Crippen LogP contribution in [0.2, 0.25) is 0 Å². The predicted octanol–water partition coefficient (Wildman–Crippen LogP) is 3.39. The van der Waals surface area contributed by atoms with Gasteiger partial charge in [-0.1, -0.05) is 32.6 Å². The minimum atomic E-state index is -1.22. The Kier molecular flexibility index (Phi) is 6.56. The fourth-order valence-electron chi connectivity index (χ4n) is 1.90. The molecule has 0 fully saturated rings. The molecule has 0 heterocycles. The molecule has 3 N–H and O–H groups in total. The molecule has 0 bridgehead atoms. The first-order valence-corrected chi connectivity index (χ1v) is 6.90. The van der Waals surface area contributed by atoms with Gasteiger partial charge in [0.05, 0.1) is 0 Å². The first-order chi connectivity index (χ1) is 9.54. The Bertz CT molecular complexity index is 471. The molecule has 0 saturated heterocycles. The number of hydrogen-bond donors (Lipinski definition) is 3. The Balaban J connectivity index is 2.46. The Morgan fingerprint density at radius 2 is 1.85 bits per heavy atom. The van der Waals surface area contributed by atoms with Gasteiger partial charge in [-0.2, -0.15) is 0 Å². The van der Waals surface area contributed by atoms with Crippen molar-refractivity contribution in [3.63, 3.8) is 0 Å². The summed E-state index contributed by atoms with van der Waals surface area (Å²) in [5, 5.41) is 20.9. The maximum absolute atomic E-state index is 11.7. The number of carbonyl (C=O) groups is 2. The van der Waals surface area contributed by atoms with E-state index in [1.807, 2.05) is 0 Å². The standard InChI is InChI=1S/C15H21NO4/c1-2-3-4-5-6-7-14(18)16-11-8-9-13(17)12(10-11)15(19)20/h8-10,17H,2-7H2,1H3,(H,16,18)(H,19,20). The first-order valence-electron chi connectivity index (χ1n) is 6.90. The molecule has 0 aliphatic rings. The van der Waals surface area contributed by atoms with Gasteiger partial charge in [-0.15, -0.1) is 0 Å². The normalized spacial score (nSPS) is 10.2. The number of unbranched alkanes of at least 4 members (excludes halogenated alkanes) is 4. The van der Waals surface area contributed by atoms with Crippen LogP contribution in [0.3, 0.4) is 0 Å². The maximum Gasteiger partial charge on any atom is 0.339 e. The van der Waals surface area contributed by atoms with Gasteiger partial charge in [0.2, 0.25) is 5.91 Å². The molecule has 5 heteroatoms. The lowest BCUT2D eigenvalue weighted by Crippen LogP contribution is -2.11. The van der Waals surface area contributed by atoms with Crippen molar-refractivity contribution in [2.24, 2.45) is 0 Å². The smallest absolute Gasteiger partial charge is 0.339 e. The molecule has 0 aliphatic heterocycles. The highest BCUT2D eigenvalue weighted by atomic mass is 16.4. The van der Waals surface area contributed by atoms with Gasteiger partial charge in [0.1, 0.15) is 11.3 Å². The third-order valence-corrected chi connectivity index (χ3v) is 3.02. The van der Waals surface area contributed by atoms with Crippen molar-refractivity contribution in [1.82, 2.24) is 0 Å². The van der Waals surface area contributed by atoms with Gasteiger partial charge in [0.25, 0.3) is 0 Å². The van der Waals surface area contributed by atoms with E-state index in [4.69, 9.17) is 5.11 Å². The van der Waals surface area contributed by atoms with E-state index < -0.39 is 5.97 Å².